The molecule has 3 aromatic rings. The molecule has 0 saturated heterocycles. The molecular weight excluding hydrogens is 419 g/mol. The number of benzene rings is 2. The quantitative estimate of drug-likeness (QED) is 0.591. The summed E-state index contributed by atoms with van der Waals surface area (Å²) < 4.78 is 60.0. The van der Waals surface area contributed by atoms with E-state index in [4.69, 9.17) is 4.65 Å². The van der Waals surface area contributed by atoms with Crippen LogP contribution in [-0.4, -0.2) is 35.4 Å². The van der Waals surface area contributed by atoms with E-state index in [2.05, 4.69) is 4.99 Å². The third-order valence-electron chi connectivity index (χ3n) is 4.38. The topological polar surface area (TPSA) is 62.9 Å². The third-order valence-corrected chi connectivity index (χ3v) is 7.61. The van der Waals surface area contributed by atoms with Gasteiger partial charge in [0.1, 0.15) is 0 Å². The lowest BCUT2D eigenvalue weighted by Crippen LogP contribution is -2.62. The zero-order chi connectivity index (χ0) is 20.8. The Bertz CT molecular complexity index is 1190. The summed E-state index contributed by atoms with van der Waals surface area (Å²) in [7, 11) is -4.72. The Kier molecular flexibility index (Phi) is 4.66. The Labute approximate surface area is 170 Å². The number of sulfone groups is 1. The molecule has 2 aromatic carbocycles. The average molecular weight is 435 g/mol. The van der Waals surface area contributed by atoms with Gasteiger partial charge < -0.3 is 22.7 Å². The highest BCUT2D eigenvalue weighted by molar-refractivity contribution is 7.93. The number of thiazole rings is 1. The summed E-state index contributed by atoms with van der Waals surface area (Å²) in [6.07, 6.45) is 0.887. The smallest absolute Gasteiger partial charge is 0.590 e. The van der Waals surface area contributed by atoms with Crippen molar-refractivity contribution in [3.8, 4) is 0 Å². The highest BCUT2D eigenvalue weighted by Crippen LogP contribution is 2.33. The molecule has 0 atom stereocenters. The Morgan fingerprint density at radius 1 is 1.07 bits per heavy atom. The van der Waals surface area contributed by atoms with Gasteiger partial charge >= 0.3 is 12.2 Å². The van der Waals surface area contributed by atoms with Gasteiger partial charge in [0.25, 0.3) is 5.90 Å². The summed E-state index contributed by atoms with van der Waals surface area (Å²) in [6, 6.07) is 14.4. The molecule has 6 nitrogen and oxygen atoms in total. The summed E-state index contributed by atoms with van der Waals surface area (Å²) in [6.45, 7) is 0. The van der Waals surface area contributed by atoms with Crippen LogP contribution in [0.3, 0.4) is 0 Å². The van der Waals surface area contributed by atoms with Crippen LogP contribution in [-0.2, 0) is 14.5 Å². The van der Waals surface area contributed by atoms with E-state index in [-0.39, 0.29) is 20.1 Å². The molecule has 0 saturated carbocycles. The van der Waals surface area contributed by atoms with Gasteiger partial charge in [0.05, 0.1) is 16.7 Å². The van der Waals surface area contributed by atoms with E-state index in [1.807, 2.05) is 19.0 Å². The molecule has 0 spiro atoms. The number of fused-ring (bicyclic) bond motifs is 1. The summed E-state index contributed by atoms with van der Waals surface area (Å²) in [4.78, 5) is 6.05. The number of nitrogens with zero attached hydrogens (tertiary/aromatic N) is 3. The molecule has 0 bridgehead atoms. The van der Waals surface area contributed by atoms with Gasteiger partial charge in [0.15, 0.2) is 4.21 Å². The highest BCUT2D eigenvalue weighted by atomic mass is 32.2. The Hall–Kier alpha value is -2.79. The van der Waals surface area contributed by atoms with E-state index < -0.39 is 16.9 Å². The van der Waals surface area contributed by atoms with Crippen molar-refractivity contribution in [3.63, 3.8) is 0 Å². The molecule has 11 heteroatoms. The SMILES string of the molecule is CN(C)c1ccc(C2=Nc3sc(S(=O)(=O)c4ccccc4)c[n+]3[B-](F)(F)O2)cc1. The Morgan fingerprint density at radius 3 is 2.34 bits per heavy atom. The van der Waals surface area contributed by atoms with Crippen LogP contribution < -0.4 is 9.38 Å². The summed E-state index contributed by atoms with van der Waals surface area (Å²) >= 11 is 0.681. The molecule has 0 N–H and O–H groups in total. The number of hydrogen-bond donors (Lipinski definition) is 0. The van der Waals surface area contributed by atoms with Gasteiger partial charge in [-0.3, -0.25) is 0 Å². The maximum atomic E-state index is 14.7. The van der Waals surface area contributed by atoms with Crippen molar-refractivity contribution in [3.05, 3.63) is 66.4 Å². The number of hydrogen-bond acceptors (Lipinski definition) is 6. The Balaban J connectivity index is 1.77. The van der Waals surface area contributed by atoms with Crippen LogP contribution >= 0.6 is 11.3 Å². The molecule has 0 aliphatic carbocycles. The van der Waals surface area contributed by atoms with Gasteiger partial charge in [-0.15, -0.1) is 0 Å². The number of halogens is 2. The molecule has 0 fully saturated rings. The maximum absolute atomic E-state index is 14.7. The normalized spacial score (nSPS) is 15.2. The lowest BCUT2D eigenvalue weighted by atomic mass is 10.0. The first-order chi connectivity index (χ1) is 13.7. The predicted octanol–water partition coefficient (Wildman–Crippen LogP) is 3.27. The first-order valence-electron chi connectivity index (χ1n) is 8.60. The van der Waals surface area contributed by atoms with Crippen LogP contribution in [0, 0.1) is 0 Å². The first-order valence-corrected chi connectivity index (χ1v) is 10.9. The number of aromatic nitrogens is 1. The molecule has 2 heterocycles. The van der Waals surface area contributed by atoms with E-state index >= 15 is 0 Å². The molecule has 4 rings (SSSR count). The Morgan fingerprint density at radius 2 is 1.72 bits per heavy atom. The third kappa shape index (κ3) is 3.51. The van der Waals surface area contributed by atoms with Gasteiger partial charge in [-0.05, 0) is 47.7 Å². The monoisotopic (exact) mass is 435 g/mol. The minimum atomic E-state index is -4.52. The highest BCUT2D eigenvalue weighted by Gasteiger charge is 2.48. The van der Waals surface area contributed by atoms with Crippen molar-refractivity contribution in [2.75, 3.05) is 19.0 Å². The van der Waals surface area contributed by atoms with Crippen LogP contribution in [0.5, 0.6) is 0 Å². The summed E-state index contributed by atoms with van der Waals surface area (Å²) in [5.74, 6) is -0.245. The minimum Gasteiger partial charge on any atom is -0.590 e. The fourth-order valence-corrected chi connectivity index (χ4v) is 5.52. The second-order valence-electron chi connectivity index (χ2n) is 6.59. The lowest BCUT2D eigenvalue weighted by molar-refractivity contribution is -0.565. The molecular formula is C18H16BF2N3O3S2. The van der Waals surface area contributed by atoms with Crippen LogP contribution in [0.4, 0.5) is 19.5 Å². The van der Waals surface area contributed by atoms with Gasteiger partial charge in [0.2, 0.25) is 9.84 Å². The molecule has 0 radical (unpaired) electrons. The standard InChI is InChI=1S/C18H16BF2N3O3S2/c1-23(2)14-10-8-13(9-11-14)17-22-18-24(19(20,21)27-17)12-16(28-18)29(25,26)15-6-4-3-5-7-15/h3-12H,1-2H3. The van der Waals surface area contributed by atoms with Crippen molar-refractivity contribution in [1.29, 1.82) is 0 Å². The van der Waals surface area contributed by atoms with Gasteiger partial charge in [-0.25, -0.2) is 8.42 Å². The van der Waals surface area contributed by atoms with Crippen LogP contribution in [0.15, 0.2) is 74.9 Å². The van der Waals surface area contributed by atoms with Crippen LogP contribution in [0.2, 0.25) is 0 Å². The molecule has 1 aliphatic heterocycles. The van der Waals surface area contributed by atoms with Crippen LogP contribution in [0.25, 0.3) is 0 Å². The molecule has 1 aliphatic rings. The summed E-state index contributed by atoms with van der Waals surface area (Å²) in [5, 5.41) is -0.137. The van der Waals surface area contributed by atoms with E-state index in [0.717, 1.165) is 11.9 Å². The number of rotatable bonds is 4. The maximum Gasteiger partial charge on any atom is 0.737 e. The first kappa shape index (κ1) is 19.5. The van der Waals surface area contributed by atoms with Gasteiger partial charge in [-0.2, -0.15) is 0 Å². The largest absolute Gasteiger partial charge is 0.737 e. The lowest BCUT2D eigenvalue weighted by Gasteiger charge is -2.25. The van der Waals surface area contributed by atoms with Gasteiger partial charge in [-0.1, -0.05) is 18.2 Å². The molecule has 150 valence electrons. The average Bonchev–Trinajstić information content (AvgIpc) is 3.14. The van der Waals surface area contributed by atoms with E-state index in [1.54, 1.807) is 42.5 Å². The summed E-state index contributed by atoms with van der Waals surface area (Å²) in [5.41, 5.74) is 1.27. The zero-order valence-electron chi connectivity index (χ0n) is 15.5. The predicted molar refractivity (Wildman–Crippen MR) is 108 cm³/mol. The zero-order valence-corrected chi connectivity index (χ0v) is 17.1. The molecule has 0 amide bonds. The molecule has 0 unspecified atom stereocenters. The fraction of sp³-hybridized carbons (Fsp3) is 0.111. The van der Waals surface area contributed by atoms with E-state index in [1.165, 1.54) is 12.1 Å². The van der Waals surface area contributed by atoms with Crippen molar-refractivity contribution in [2.45, 2.75) is 9.10 Å². The molecule has 29 heavy (non-hydrogen) atoms. The van der Waals surface area contributed by atoms with Crippen LogP contribution in [0.1, 0.15) is 5.56 Å². The second-order valence-corrected chi connectivity index (χ2v) is 9.78. The van der Waals surface area contributed by atoms with Crippen molar-refractivity contribution in [1.82, 2.24) is 0 Å². The van der Waals surface area contributed by atoms with Crippen molar-refractivity contribution >= 4 is 44.9 Å². The number of aliphatic imine (C=N–C) groups is 1. The van der Waals surface area contributed by atoms with Gasteiger partial charge in [0, 0.05) is 24.8 Å². The van der Waals surface area contributed by atoms with Crippen molar-refractivity contribution in [2.24, 2.45) is 4.99 Å². The second kappa shape index (κ2) is 6.92. The number of anilines is 1. The molecule has 1 aromatic heterocycles. The fourth-order valence-electron chi connectivity index (χ4n) is 2.81. The minimum absolute atomic E-state index is 0.0272. The van der Waals surface area contributed by atoms with E-state index in [9.17, 15) is 17.0 Å². The van der Waals surface area contributed by atoms with E-state index in [0.29, 0.717) is 21.4 Å². The van der Waals surface area contributed by atoms with Crippen molar-refractivity contribution < 1.29 is 26.2 Å².